The molecule has 4 heteroatoms. The maximum atomic E-state index is 6.00. The van der Waals surface area contributed by atoms with Crippen LogP contribution in [0.5, 0.6) is 5.75 Å². The number of rotatable bonds is 5. The van der Waals surface area contributed by atoms with E-state index >= 15 is 0 Å². The topological polar surface area (TPSA) is 36.9 Å². The van der Waals surface area contributed by atoms with E-state index in [4.69, 9.17) is 4.74 Å². The summed E-state index contributed by atoms with van der Waals surface area (Å²) in [6.45, 7) is 2.28. The second-order valence-corrected chi connectivity index (χ2v) is 5.50. The molecule has 0 saturated heterocycles. The fraction of sp³-hybridized carbons (Fsp3) is 0.278. The summed E-state index contributed by atoms with van der Waals surface area (Å²) < 4.78 is 6.00. The lowest BCUT2D eigenvalue weighted by Crippen LogP contribution is -2.20. The molecule has 0 amide bonds. The van der Waals surface area contributed by atoms with Crippen LogP contribution in [0.25, 0.3) is 0 Å². The van der Waals surface area contributed by atoms with Crippen molar-refractivity contribution < 1.29 is 4.74 Å². The third-order valence-corrected chi connectivity index (χ3v) is 3.66. The molecule has 0 radical (unpaired) electrons. The number of benzene rings is 2. The van der Waals surface area contributed by atoms with E-state index in [1.54, 1.807) is 0 Å². The molecule has 1 heterocycles. The van der Waals surface area contributed by atoms with Crippen LogP contribution in [0.1, 0.15) is 11.1 Å². The van der Waals surface area contributed by atoms with Crippen LogP contribution in [0.4, 0.5) is 5.69 Å². The highest BCUT2D eigenvalue weighted by Gasteiger charge is 2.13. The van der Waals surface area contributed by atoms with Crippen LogP contribution in [-0.2, 0) is 6.61 Å². The van der Waals surface area contributed by atoms with Gasteiger partial charge in [-0.2, -0.15) is 0 Å². The molecule has 0 atom stereocenters. The van der Waals surface area contributed by atoms with Crippen molar-refractivity contribution in [1.29, 1.82) is 0 Å². The van der Waals surface area contributed by atoms with Crippen LogP contribution in [0.15, 0.2) is 53.5 Å². The summed E-state index contributed by atoms with van der Waals surface area (Å²) in [5, 5.41) is 3.30. The van der Waals surface area contributed by atoms with Crippen LogP contribution in [0.3, 0.4) is 0 Å². The summed E-state index contributed by atoms with van der Waals surface area (Å²) in [6, 6.07) is 16.4. The van der Waals surface area contributed by atoms with Crippen molar-refractivity contribution in [3.63, 3.8) is 0 Å². The molecule has 3 rings (SSSR count). The van der Waals surface area contributed by atoms with Gasteiger partial charge >= 0.3 is 0 Å². The molecular formula is C18H21N3O. The van der Waals surface area contributed by atoms with Gasteiger partial charge in [-0.1, -0.05) is 24.3 Å². The number of hydrogen-bond donors (Lipinski definition) is 1. The number of hydrogen-bond acceptors (Lipinski definition) is 4. The van der Waals surface area contributed by atoms with Gasteiger partial charge in [0.1, 0.15) is 18.2 Å². The Labute approximate surface area is 131 Å². The summed E-state index contributed by atoms with van der Waals surface area (Å²) >= 11 is 0. The van der Waals surface area contributed by atoms with Gasteiger partial charge in [-0.05, 0) is 29.8 Å². The summed E-state index contributed by atoms with van der Waals surface area (Å²) in [4.78, 5) is 6.56. The molecule has 0 aliphatic carbocycles. The maximum Gasteiger partial charge on any atom is 0.132 e. The molecule has 2 aromatic rings. The molecule has 114 valence electrons. The minimum Gasteiger partial charge on any atom is -0.488 e. The summed E-state index contributed by atoms with van der Waals surface area (Å²) in [5.41, 5.74) is 3.38. The first kappa shape index (κ1) is 14.4. The number of nitrogens with zero attached hydrogens (tertiary/aromatic N) is 2. The smallest absolute Gasteiger partial charge is 0.132 e. The van der Waals surface area contributed by atoms with Crippen molar-refractivity contribution in [2.75, 3.05) is 32.1 Å². The number of nitrogens with one attached hydrogen (secondary N) is 1. The van der Waals surface area contributed by atoms with Gasteiger partial charge < -0.3 is 15.0 Å². The summed E-state index contributed by atoms with van der Waals surface area (Å²) in [5.74, 6) is 1.80. The second kappa shape index (κ2) is 6.52. The lowest BCUT2D eigenvalue weighted by molar-refractivity contribution is 0.305. The van der Waals surface area contributed by atoms with E-state index in [-0.39, 0.29) is 0 Å². The monoisotopic (exact) mass is 295 g/mol. The number of amidine groups is 1. The van der Waals surface area contributed by atoms with Gasteiger partial charge in [-0.25, -0.2) is 0 Å². The molecule has 0 spiro atoms. The van der Waals surface area contributed by atoms with Crippen molar-refractivity contribution >= 4 is 11.5 Å². The molecule has 2 aromatic carbocycles. The van der Waals surface area contributed by atoms with Crippen LogP contribution in [0.2, 0.25) is 0 Å². The average molecular weight is 295 g/mol. The predicted molar refractivity (Wildman–Crippen MR) is 90.9 cm³/mol. The van der Waals surface area contributed by atoms with Gasteiger partial charge in [-0.3, -0.25) is 4.99 Å². The molecule has 1 N–H and O–H groups in total. The predicted octanol–water partition coefficient (Wildman–Crippen LogP) is 2.68. The van der Waals surface area contributed by atoms with E-state index in [2.05, 4.69) is 39.5 Å². The zero-order chi connectivity index (χ0) is 15.4. The van der Waals surface area contributed by atoms with Gasteiger partial charge in [-0.15, -0.1) is 0 Å². The molecule has 4 nitrogen and oxygen atoms in total. The lowest BCUT2D eigenvalue weighted by Gasteiger charge is -2.14. The Morgan fingerprint density at radius 3 is 2.55 bits per heavy atom. The molecule has 0 aromatic heterocycles. The number of ether oxygens (including phenoxy) is 1. The van der Waals surface area contributed by atoms with Gasteiger partial charge in [0.25, 0.3) is 0 Å². The average Bonchev–Trinajstić information content (AvgIpc) is 3.08. The van der Waals surface area contributed by atoms with Crippen molar-refractivity contribution in [2.24, 2.45) is 4.99 Å². The second-order valence-electron chi connectivity index (χ2n) is 5.50. The van der Waals surface area contributed by atoms with Crippen molar-refractivity contribution in [3.05, 3.63) is 59.7 Å². The van der Waals surface area contributed by atoms with Crippen molar-refractivity contribution in [2.45, 2.75) is 6.61 Å². The Morgan fingerprint density at radius 2 is 1.86 bits per heavy atom. The van der Waals surface area contributed by atoms with Crippen LogP contribution in [-0.4, -0.2) is 33.0 Å². The minimum atomic E-state index is 0.554. The van der Waals surface area contributed by atoms with Crippen LogP contribution >= 0.6 is 0 Å². The van der Waals surface area contributed by atoms with E-state index in [9.17, 15) is 0 Å². The third kappa shape index (κ3) is 3.22. The van der Waals surface area contributed by atoms with Gasteiger partial charge in [0, 0.05) is 26.3 Å². The first-order valence-corrected chi connectivity index (χ1v) is 7.51. The SMILES string of the molecule is CN(C)c1ccc(COc2ccccc2C2=NCCN2)cc1. The lowest BCUT2D eigenvalue weighted by atomic mass is 10.1. The Bertz CT molecular complexity index is 662. The van der Waals surface area contributed by atoms with Gasteiger partial charge in [0.2, 0.25) is 0 Å². The molecular weight excluding hydrogens is 274 g/mol. The number of anilines is 1. The quantitative estimate of drug-likeness (QED) is 0.921. The molecule has 22 heavy (non-hydrogen) atoms. The highest BCUT2D eigenvalue weighted by atomic mass is 16.5. The maximum absolute atomic E-state index is 6.00. The third-order valence-electron chi connectivity index (χ3n) is 3.66. The number of aliphatic imine (C=N–C) groups is 1. The first-order valence-electron chi connectivity index (χ1n) is 7.51. The fourth-order valence-electron chi connectivity index (χ4n) is 2.42. The Morgan fingerprint density at radius 1 is 1.09 bits per heavy atom. The highest BCUT2D eigenvalue weighted by molar-refractivity contribution is 6.02. The minimum absolute atomic E-state index is 0.554. The van der Waals surface area contributed by atoms with Crippen molar-refractivity contribution in [3.8, 4) is 5.75 Å². The Balaban J connectivity index is 1.71. The van der Waals surface area contributed by atoms with Gasteiger partial charge in [0.05, 0.1) is 12.1 Å². The normalized spacial score (nSPS) is 13.5. The van der Waals surface area contributed by atoms with E-state index in [1.165, 1.54) is 5.69 Å². The zero-order valence-corrected chi connectivity index (χ0v) is 13.0. The summed E-state index contributed by atoms with van der Waals surface area (Å²) in [7, 11) is 4.08. The van der Waals surface area contributed by atoms with Crippen LogP contribution in [0, 0.1) is 0 Å². The Hall–Kier alpha value is -2.49. The highest BCUT2D eigenvalue weighted by Crippen LogP contribution is 2.21. The standard InChI is InChI=1S/C18H21N3O/c1-21(2)15-9-7-14(8-10-15)13-22-17-6-4-3-5-16(17)18-19-11-12-20-18/h3-10H,11-13H2,1-2H3,(H,19,20). The largest absolute Gasteiger partial charge is 0.488 e. The Kier molecular flexibility index (Phi) is 4.28. The molecule has 1 aliphatic heterocycles. The van der Waals surface area contributed by atoms with E-state index in [0.29, 0.717) is 6.61 Å². The molecule has 0 saturated carbocycles. The van der Waals surface area contributed by atoms with E-state index in [1.807, 2.05) is 38.4 Å². The molecule has 1 aliphatic rings. The zero-order valence-electron chi connectivity index (χ0n) is 13.0. The first-order chi connectivity index (χ1) is 10.7. The summed E-state index contributed by atoms with van der Waals surface area (Å²) in [6.07, 6.45) is 0. The fourth-order valence-corrected chi connectivity index (χ4v) is 2.42. The van der Waals surface area contributed by atoms with Crippen LogP contribution < -0.4 is 15.0 Å². The molecule has 0 fully saturated rings. The molecule has 0 unspecified atom stereocenters. The van der Waals surface area contributed by atoms with Crippen molar-refractivity contribution in [1.82, 2.24) is 5.32 Å². The van der Waals surface area contributed by atoms with E-state index in [0.717, 1.165) is 35.8 Å². The van der Waals surface area contributed by atoms with E-state index < -0.39 is 0 Å². The molecule has 0 bridgehead atoms. The van der Waals surface area contributed by atoms with Gasteiger partial charge in [0.15, 0.2) is 0 Å². The number of para-hydroxylation sites is 1.